The van der Waals surface area contributed by atoms with Gasteiger partial charge in [0, 0.05) is 53.9 Å². The van der Waals surface area contributed by atoms with Gasteiger partial charge in [0.05, 0.1) is 38.8 Å². The van der Waals surface area contributed by atoms with Crippen LogP contribution in [-0.4, -0.2) is 81.5 Å². The van der Waals surface area contributed by atoms with E-state index in [4.69, 9.17) is 28.5 Å². The van der Waals surface area contributed by atoms with Crippen molar-refractivity contribution in [3.05, 3.63) is 52.7 Å². The SMILES string of the molecule is CCN(CCCS(=O)(=O)O)c1ccc2nc3c(cc(NCCOCCOCCO)c4ccc(=O)cc43)oc2c1.[Cl-]. The molecule has 0 saturated heterocycles. The predicted molar refractivity (Wildman–Crippen MR) is 151 cm³/mol. The largest absolute Gasteiger partial charge is 1.00 e. The molecule has 1 aromatic heterocycles. The predicted octanol–water partition coefficient (Wildman–Crippen LogP) is 0.0400. The highest BCUT2D eigenvalue weighted by Crippen LogP contribution is 2.33. The molecular formula is C27H33ClN3O8S-. The number of aliphatic hydroxyl groups is 1. The fourth-order valence-electron chi connectivity index (χ4n) is 4.37. The molecule has 3 N–H and O–H groups in total. The topological polar surface area (TPSA) is 151 Å². The molecule has 0 amide bonds. The highest BCUT2D eigenvalue weighted by Gasteiger charge is 2.14. The number of anilines is 2. The normalized spacial score (nSPS) is 11.7. The summed E-state index contributed by atoms with van der Waals surface area (Å²) in [6, 6.07) is 12.3. The van der Waals surface area contributed by atoms with Crippen LogP contribution in [0.1, 0.15) is 13.3 Å². The minimum atomic E-state index is -4.01. The Morgan fingerprint density at radius 1 is 1.00 bits per heavy atom. The molecule has 218 valence electrons. The lowest BCUT2D eigenvalue weighted by molar-refractivity contribution is -0.0000143. The van der Waals surface area contributed by atoms with E-state index in [-0.39, 0.29) is 43.2 Å². The monoisotopic (exact) mass is 594 g/mol. The Balaban J connectivity index is 0.00000441. The second-order valence-corrected chi connectivity index (χ2v) is 10.5. The zero-order valence-electron chi connectivity index (χ0n) is 22.1. The van der Waals surface area contributed by atoms with Gasteiger partial charge < -0.3 is 41.6 Å². The molecule has 0 fully saturated rings. The van der Waals surface area contributed by atoms with Crippen molar-refractivity contribution in [1.82, 2.24) is 4.98 Å². The summed E-state index contributed by atoms with van der Waals surface area (Å²) in [6.45, 7) is 5.07. The molecule has 0 bridgehead atoms. The van der Waals surface area contributed by atoms with E-state index in [0.717, 1.165) is 16.8 Å². The number of halogens is 1. The van der Waals surface area contributed by atoms with Crippen molar-refractivity contribution < 1.29 is 44.4 Å². The molecule has 0 radical (unpaired) electrons. The number of hydrogen-bond acceptors (Lipinski definition) is 10. The smallest absolute Gasteiger partial charge is 0.264 e. The molecule has 0 aliphatic heterocycles. The number of nitrogens with one attached hydrogen (secondary N) is 1. The van der Waals surface area contributed by atoms with Crippen molar-refractivity contribution in [3.63, 3.8) is 0 Å². The van der Waals surface area contributed by atoms with Crippen LogP contribution in [0.5, 0.6) is 0 Å². The second-order valence-electron chi connectivity index (χ2n) is 8.94. The molecule has 0 atom stereocenters. The lowest BCUT2D eigenvalue weighted by Crippen LogP contribution is -3.00. The molecule has 13 heteroatoms. The molecule has 11 nitrogen and oxygen atoms in total. The zero-order chi connectivity index (χ0) is 27.8. The minimum absolute atomic E-state index is 0. The van der Waals surface area contributed by atoms with Crippen LogP contribution >= 0.6 is 0 Å². The van der Waals surface area contributed by atoms with Crippen molar-refractivity contribution in [2.45, 2.75) is 13.3 Å². The Labute approximate surface area is 238 Å². The quantitative estimate of drug-likeness (QED) is 0.0740. The van der Waals surface area contributed by atoms with Gasteiger partial charge in [-0.3, -0.25) is 9.35 Å². The molecule has 3 aromatic carbocycles. The van der Waals surface area contributed by atoms with Gasteiger partial charge in [-0.05, 0) is 43.7 Å². The van der Waals surface area contributed by atoms with Crippen molar-refractivity contribution >= 4 is 54.5 Å². The van der Waals surface area contributed by atoms with Gasteiger partial charge in [0.15, 0.2) is 16.6 Å². The van der Waals surface area contributed by atoms with Crippen molar-refractivity contribution in [3.8, 4) is 0 Å². The Morgan fingerprint density at radius 3 is 2.50 bits per heavy atom. The summed E-state index contributed by atoms with van der Waals surface area (Å²) in [5.41, 5.74) is 3.73. The van der Waals surface area contributed by atoms with E-state index in [9.17, 15) is 13.2 Å². The van der Waals surface area contributed by atoms with E-state index in [1.807, 2.05) is 36.1 Å². The summed E-state index contributed by atoms with van der Waals surface area (Å²) in [6.07, 6.45) is 0.287. The van der Waals surface area contributed by atoms with Gasteiger partial charge in [-0.15, -0.1) is 0 Å². The summed E-state index contributed by atoms with van der Waals surface area (Å²) < 4.78 is 48.2. The molecule has 0 unspecified atom stereocenters. The lowest BCUT2D eigenvalue weighted by atomic mass is 10.1. The molecule has 0 saturated carbocycles. The van der Waals surface area contributed by atoms with E-state index < -0.39 is 10.1 Å². The van der Waals surface area contributed by atoms with Crippen LogP contribution in [0.3, 0.4) is 0 Å². The van der Waals surface area contributed by atoms with Crippen molar-refractivity contribution in [1.29, 1.82) is 0 Å². The Kier molecular flexibility index (Phi) is 11.5. The van der Waals surface area contributed by atoms with Crippen LogP contribution < -0.4 is 28.1 Å². The highest BCUT2D eigenvalue weighted by atomic mass is 35.5. The Hall–Kier alpha value is -3.00. The number of ether oxygens (including phenoxy) is 2. The lowest BCUT2D eigenvalue weighted by Gasteiger charge is -2.23. The average Bonchev–Trinajstić information content (AvgIpc) is 2.90. The van der Waals surface area contributed by atoms with Crippen LogP contribution in [0.15, 0.2) is 51.7 Å². The van der Waals surface area contributed by atoms with Gasteiger partial charge >= 0.3 is 0 Å². The van der Waals surface area contributed by atoms with Gasteiger partial charge in [0.25, 0.3) is 10.1 Å². The third-order valence-electron chi connectivity index (χ3n) is 6.19. The summed E-state index contributed by atoms with van der Waals surface area (Å²) >= 11 is 0. The number of aliphatic hydroxyl groups excluding tert-OH is 1. The molecule has 40 heavy (non-hydrogen) atoms. The Morgan fingerprint density at radius 2 is 1.77 bits per heavy atom. The second kappa shape index (κ2) is 14.6. The molecule has 4 aromatic rings. The fraction of sp³-hybridized carbons (Fsp3) is 0.407. The summed E-state index contributed by atoms with van der Waals surface area (Å²) in [7, 11) is -4.01. The Bertz CT molecular complexity index is 1600. The van der Waals surface area contributed by atoms with E-state index in [2.05, 4.69) is 5.32 Å². The first-order chi connectivity index (χ1) is 18.8. The molecule has 0 aliphatic carbocycles. The number of nitrogens with zero attached hydrogens (tertiary/aromatic N) is 2. The molecule has 1 heterocycles. The van der Waals surface area contributed by atoms with Gasteiger partial charge in [-0.1, -0.05) is 0 Å². The molecule has 4 rings (SSSR count). The van der Waals surface area contributed by atoms with Crippen LogP contribution in [0.4, 0.5) is 11.4 Å². The maximum absolute atomic E-state index is 12.2. The highest BCUT2D eigenvalue weighted by molar-refractivity contribution is 7.85. The third kappa shape index (κ3) is 8.26. The van der Waals surface area contributed by atoms with Gasteiger partial charge in [0.1, 0.15) is 11.0 Å². The van der Waals surface area contributed by atoms with Crippen molar-refractivity contribution in [2.75, 3.05) is 68.6 Å². The van der Waals surface area contributed by atoms with E-state index >= 15 is 0 Å². The summed E-state index contributed by atoms with van der Waals surface area (Å²) in [5, 5.41) is 13.6. The third-order valence-corrected chi connectivity index (χ3v) is 6.99. The minimum Gasteiger partial charge on any atom is -1.00 e. The van der Waals surface area contributed by atoms with Gasteiger partial charge in [-0.25, -0.2) is 4.98 Å². The van der Waals surface area contributed by atoms with Crippen LogP contribution in [0.2, 0.25) is 0 Å². The van der Waals surface area contributed by atoms with Crippen LogP contribution in [-0.2, 0) is 19.6 Å². The molecule has 0 spiro atoms. The first-order valence-corrected chi connectivity index (χ1v) is 14.4. The maximum atomic E-state index is 12.2. The molecule has 0 aliphatic rings. The summed E-state index contributed by atoms with van der Waals surface area (Å²) in [5.74, 6) is -0.305. The summed E-state index contributed by atoms with van der Waals surface area (Å²) in [4.78, 5) is 19.0. The number of benzene rings is 3. The van der Waals surface area contributed by atoms with Crippen molar-refractivity contribution in [2.24, 2.45) is 0 Å². The standard InChI is InChI=1S/C27H33N3O8S.ClH/c1-2-30(9-3-15-39(33,34)35)19-4-7-23-25(16-19)38-26-18-24(28-8-11-36-13-14-37-12-10-31)21-6-5-20(32)17-22(21)27(26)29-23;/h4-7,16-18,28,31H,2-3,8-15H2,1H3,(H,33,34,35);1H/p-1. The van der Waals surface area contributed by atoms with Gasteiger partial charge in [0.2, 0.25) is 0 Å². The van der Waals surface area contributed by atoms with E-state index in [1.54, 1.807) is 12.1 Å². The van der Waals surface area contributed by atoms with Crippen LogP contribution in [0.25, 0.3) is 33.0 Å². The number of aromatic nitrogens is 1. The van der Waals surface area contributed by atoms with Gasteiger partial charge in [-0.2, -0.15) is 8.42 Å². The zero-order valence-corrected chi connectivity index (χ0v) is 23.7. The van der Waals surface area contributed by atoms with Crippen LogP contribution in [0, 0.1) is 0 Å². The average molecular weight is 595 g/mol. The fourth-order valence-corrected chi connectivity index (χ4v) is 4.86. The first kappa shape index (κ1) is 31.5. The van der Waals surface area contributed by atoms with E-state index in [0.29, 0.717) is 67.0 Å². The first-order valence-electron chi connectivity index (χ1n) is 12.8. The molecular weight excluding hydrogens is 562 g/mol. The number of fused-ring (bicyclic) bond motifs is 4. The maximum Gasteiger partial charge on any atom is 0.264 e. The number of hydrogen-bond donors (Lipinski definition) is 3. The van der Waals surface area contributed by atoms with E-state index in [1.165, 1.54) is 6.07 Å². The number of rotatable bonds is 15.